The molecule has 0 atom stereocenters. The Labute approximate surface area is 120 Å². The number of nitro groups is 1. The largest absolute Gasteiger partial charge is 0.312 e. The van der Waals surface area contributed by atoms with Crippen LogP contribution in [0.5, 0.6) is 0 Å². The monoisotopic (exact) mass is 296 g/mol. The van der Waals surface area contributed by atoms with E-state index in [1.54, 1.807) is 23.5 Å². The molecule has 1 aromatic heterocycles. The molecule has 1 aromatic carbocycles. The summed E-state index contributed by atoms with van der Waals surface area (Å²) in [6.07, 6.45) is 0.844. The predicted molar refractivity (Wildman–Crippen MR) is 77.8 cm³/mol. The van der Waals surface area contributed by atoms with Crippen LogP contribution >= 0.6 is 22.9 Å². The normalized spacial score (nSPS) is 10.6. The van der Waals surface area contributed by atoms with Crippen molar-refractivity contribution < 1.29 is 4.92 Å². The summed E-state index contributed by atoms with van der Waals surface area (Å²) in [5.41, 5.74) is 1.22. The first-order valence-corrected chi connectivity index (χ1v) is 7.03. The molecule has 6 heteroatoms. The van der Waals surface area contributed by atoms with Gasteiger partial charge in [-0.2, -0.15) is 0 Å². The van der Waals surface area contributed by atoms with Crippen LogP contribution in [0.15, 0.2) is 36.4 Å². The third-order valence-electron chi connectivity index (χ3n) is 2.67. The van der Waals surface area contributed by atoms with E-state index in [-0.39, 0.29) is 10.6 Å². The van der Waals surface area contributed by atoms with Crippen molar-refractivity contribution in [1.82, 2.24) is 5.32 Å². The minimum Gasteiger partial charge on any atom is -0.312 e. The molecule has 0 aliphatic rings. The second-order valence-corrected chi connectivity index (χ2v) is 5.86. The molecule has 2 aromatic rings. The van der Waals surface area contributed by atoms with Crippen molar-refractivity contribution in [3.05, 3.63) is 61.3 Å². The smallest absolute Gasteiger partial charge is 0.269 e. The lowest BCUT2D eigenvalue weighted by Gasteiger charge is -2.03. The number of benzene rings is 1. The zero-order valence-electron chi connectivity index (χ0n) is 10.1. The first kappa shape index (κ1) is 14.0. The summed E-state index contributed by atoms with van der Waals surface area (Å²) >= 11 is 7.41. The van der Waals surface area contributed by atoms with Crippen molar-refractivity contribution in [1.29, 1.82) is 0 Å². The molecular weight excluding hydrogens is 284 g/mol. The van der Waals surface area contributed by atoms with Crippen LogP contribution in [0.2, 0.25) is 4.34 Å². The summed E-state index contributed by atoms with van der Waals surface area (Å²) in [7, 11) is 0. The third-order valence-corrected chi connectivity index (χ3v) is 3.90. The number of rotatable bonds is 6. The fourth-order valence-corrected chi connectivity index (χ4v) is 2.73. The Morgan fingerprint density at radius 1 is 1.21 bits per heavy atom. The summed E-state index contributed by atoms with van der Waals surface area (Å²) in [6.45, 7) is 1.62. The van der Waals surface area contributed by atoms with Crippen molar-refractivity contribution in [2.75, 3.05) is 6.54 Å². The minimum atomic E-state index is -0.386. The molecule has 0 radical (unpaired) electrons. The Morgan fingerprint density at radius 2 is 1.95 bits per heavy atom. The first-order valence-electron chi connectivity index (χ1n) is 5.83. The van der Waals surface area contributed by atoms with Gasteiger partial charge in [0, 0.05) is 23.6 Å². The number of thiophene rings is 1. The van der Waals surface area contributed by atoms with Gasteiger partial charge in [-0.3, -0.25) is 10.1 Å². The number of hydrogen-bond donors (Lipinski definition) is 1. The molecule has 0 saturated heterocycles. The van der Waals surface area contributed by atoms with Crippen LogP contribution in [-0.2, 0) is 13.0 Å². The Bertz CT molecular complexity index is 554. The van der Waals surface area contributed by atoms with E-state index in [2.05, 4.69) is 5.32 Å². The second kappa shape index (κ2) is 6.65. The molecule has 0 unspecified atom stereocenters. The van der Waals surface area contributed by atoms with Gasteiger partial charge in [0.05, 0.1) is 9.26 Å². The van der Waals surface area contributed by atoms with Crippen LogP contribution in [0.25, 0.3) is 0 Å². The zero-order valence-corrected chi connectivity index (χ0v) is 11.7. The Balaban J connectivity index is 1.75. The molecular formula is C13H13ClN2O2S. The van der Waals surface area contributed by atoms with Gasteiger partial charge in [0.2, 0.25) is 0 Å². The molecule has 2 rings (SSSR count). The molecule has 4 nitrogen and oxygen atoms in total. The van der Waals surface area contributed by atoms with E-state index < -0.39 is 0 Å². The van der Waals surface area contributed by atoms with E-state index in [9.17, 15) is 10.1 Å². The van der Waals surface area contributed by atoms with Crippen LogP contribution in [0.1, 0.15) is 10.4 Å². The highest BCUT2D eigenvalue weighted by Crippen LogP contribution is 2.21. The Hall–Kier alpha value is -1.43. The van der Waals surface area contributed by atoms with Gasteiger partial charge in [-0.15, -0.1) is 11.3 Å². The fourth-order valence-electron chi connectivity index (χ4n) is 1.68. The van der Waals surface area contributed by atoms with Crippen LogP contribution in [0.4, 0.5) is 5.69 Å². The molecule has 0 fully saturated rings. The van der Waals surface area contributed by atoms with E-state index in [1.807, 2.05) is 12.1 Å². The van der Waals surface area contributed by atoms with Gasteiger partial charge in [-0.1, -0.05) is 23.7 Å². The first-order chi connectivity index (χ1) is 9.15. The van der Waals surface area contributed by atoms with E-state index in [1.165, 1.54) is 17.0 Å². The summed E-state index contributed by atoms with van der Waals surface area (Å²) in [6, 6.07) is 10.6. The van der Waals surface area contributed by atoms with Crippen molar-refractivity contribution in [2.24, 2.45) is 0 Å². The van der Waals surface area contributed by atoms with Crippen molar-refractivity contribution >= 4 is 28.6 Å². The maximum atomic E-state index is 10.5. The highest BCUT2D eigenvalue weighted by atomic mass is 35.5. The second-order valence-electron chi connectivity index (χ2n) is 4.06. The standard InChI is InChI=1S/C13H13ClN2O2S/c14-13-6-5-12(19-13)9-15-8-7-10-1-3-11(4-2-10)16(17)18/h1-6,15H,7-9H2. The molecule has 0 bridgehead atoms. The quantitative estimate of drug-likeness (QED) is 0.503. The average molecular weight is 297 g/mol. The highest BCUT2D eigenvalue weighted by molar-refractivity contribution is 7.16. The van der Waals surface area contributed by atoms with Crippen molar-refractivity contribution in [2.45, 2.75) is 13.0 Å². The summed E-state index contributed by atoms with van der Waals surface area (Å²) < 4.78 is 0.798. The summed E-state index contributed by atoms with van der Waals surface area (Å²) in [4.78, 5) is 11.3. The van der Waals surface area contributed by atoms with Gasteiger partial charge in [0.25, 0.3) is 5.69 Å². The number of nitrogens with zero attached hydrogens (tertiary/aromatic N) is 1. The lowest BCUT2D eigenvalue weighted by molar-refractivity contribution is -0.384. The molecule has 100 valence electrons. The Morgan fingerprint density at radius 3 is 2.53 bits per heavy atom. The maximum Gasteiger partial charge on any atom is 0.269 e. The van der Waals surface area contributed by atoms with E-state index in [0.717, 1.165) is 29.4 Å². The van der Waals surface area contributed by atoms with Crippen LogP contribution < -0.4 is 5.32 Å². The minimum absolute atomic E-state index is 0.130. The van der Waals surface area contributed by atoms with Gasteiger partial charge in [0.15, 0.2) is 0 Å². The van der Waals surface area contributed by atoms with E-state index >= 15 is 0 Å². The van der Waals surface area contributed by atoms with Gasteiger partial charge in [-0.25, -0.2) is 0 Å². The molecule has 19 heavy (non-hydrogen) atoms. The number of non-ortho nitro benzene ring substituents is 1. The molecule has 0 saturated carbocycles. The van der Waals surface area contributed by atoms with Crippen molar-refractivity contribution in [3.8, 4) is 0 Å². The molecule has 0 amide bonds. The zero-order chi connectivity index (χ0) is 13.7. The number of hydrogen-bond acceptors (Lipinski definition) is 4. The predicted octanol–water partition coefficient (Wildman–Crippen LogP) is 3.64. The summed E-state index contributed by atoms with van der Waals surface area (Å²) in [5.74, 6) is 0. The van der Waals surface area contributed by atoms with Gasteiger partial charge >= 0.3 is 0 Å². The van der Waals surface area contributed by atoms with E-state index in [4.69, 9.17) is 11.6 Å². The number of nitro benzene ring substituents is 1. The van der Waals surface area contributed by atoms with Gasteiger partial charge in [0.1, 0.15) is 0 Å². The molecule has 0 spiro atoms. The molecule has 0 aliphatic carbocycles. The average Bonchev–Trinajstić information content (AvgIpc) is 2.81. The van der Waals surface area contributed by atoms with Gasteiger partial charge < -0.3 is 5.32 Å². The van der Waals surface area contributed by atoms with Gasteiger partial charge in [-0.05, 0) is 30.7 Å². The maximum absolute atomic E-state index is 10.5. The number of halogens is 1. The fraction of sp³-hybridized carbons (Fsp3) is 0.231. The lowest BCUT2D eigenvalue weighted by Crippen LogP contribution is -2.15. The Kier molecular flexibility index (Phi) is 4.90. The SMILES string of the molecule is O=[N+]([O-])c1ccc(CCNCc2ccc(Cl)s2)cc1. The highest BCUT2D eigenvalue weighted by Gasteiger charge is 2.03. The topological polar surface area (TPSA) is 55.2 Å². The molecule has 0 aliphatic heterocycles. The molecule has 1 N–H and O–H groups in total. The number of nitrogens with one attached hydrogen (secondary N) is 1. The van der Waals surface area contributed by atoms with Crippen LogP contribution in [0, 0.1) is 10.1 Å². The molecule has 1 heterocycles. The lowest BCUT2D eigenvalue weighted by atomic mass is 10.1. The van der Waals surface area contributed by atoms with Crippen LogP contribution in [-0.4, -0.2) is 11.5 Å². The van der Waals surface area contributed by atoms with Crippen molar-refractivity contribution in [3.63, 3.8) is 0 Å². The van der Waals surface area contributed by atoms with Crippen LogP contribution in [0.3, 0.4) is 0 Å². The van der Waals surface area contributed by atoms with E-state index in [0.29, 0.717) is 0 Å². The third kappa shape index (κ3) is 4.31. The summed E-state index contributed by atoms with van der Waals surface area (Å²) in [5, 5.41) is 13.8.